The number of likely N-dealkylation sites (N-methyl/N-ethyl adjacent to an activating group) is 1. The van der Waals surface area contributed by atoms with Gasteiger partial charge in [0.05, 0.1) is 10.8 Å². The first kappa shape index (κ1) is 15.1. The Morgan fingerprint density at radius 3 is 2.71 bits per heavy atom. The Hall–Kier alpha value is -2.28. The maximum atomic E-state index is 10.9. The maximum absolute atomic E-state index is 10.9. The number of nitrogens with zero attached hydrogens (tertiary/aromatic N) is 3. The van der Waals surface area contributed by atoms with Crippen LogP contribution in [0.3, 0.4) is 0 Å². The molecule has 0 bridgehead atoms. The van der Waals surface area contributed by atoms with Gasteiger partial charge in [0.1, 0.15) is 0 Å². The van der Waals surface area contributed by atoms with Crippen molar-refractivity contribution in [1.82, 2.24) is 15.5 Å². The zero-order valence-corrected chi connectivity index (χ0v) is 12.5. The molecule has 21 heavy (non-hydrogen) atoms. The van der Waals surface area contributed by atoms with Crippen LogP contribution in [0.2, 0.25) is 0 Å². The molecule has 7 nitrogen and oxygen atoms in total. The summed E-state index contributed by atoms with van der Waals surface area (Å²) in [5, 5.41) is 17.9. The molecule has 0 saturated heterocycles. The summed E-state index contributed by atoms with van der Waals surface area (Å²) in [5.74, 6) is 0.939. The third-order valence-corrected chi connectivity index (χ3v) is 3.71. The summed E-state index contributed by atoms with van der Waals surface area (Å²) < 4.78 is 5.29. The van der Waals surface area contributed by atoms with Crippen LogP contribution in [-0.4, -0.2) is 28.2 Å². The van der Waals surface area contributed by atoms with Crippen molar-refractivity contribution in [2.45, 2.75) is 32.7 Å². The van der Waals surface area contributed by atoms with Gasteiger partial charge in [0.15, 0.2) is 0 Å². The van der Waals surface area contributed by atoms with E-state index in [2.05, 4.69) is 15.5 Å². The van der Waals surface area contributed by atoms with E-state index < -0.39 is 4.92 Å². The first-order valence-electron chi connectivity index (χ1n) is 6.70. The van der Waals surface area contributed by atoms with Crippen LogP contribution in [0, 0.1) is 17.0 Å². The van der Waals surface area contributed by atoms with Gasteiger partial charge in [0, 0.05) is 23.7 Å². The molecule has 1 aromatic heterocycles. The second-order valence-electron chi connectivity index (χ2n) is 5.08. The number of hydrogen-bond acceptors (Lipinski definition) is 6. The predicted molar refractivity (Wildman–Crippen MR) is 78.1 cm³/mol. The number of nitrogens with one attached hydrogen (secondary N) is 1. The monoisotopic (exact) mass is 290 g/mol. The van der Waals surface area contributed by atoms with Gasteiger partial charge in [-0.3, -0.25) is 10.1 Å². The second kappa shape index (κ2) is 6.01. The van der Waals surface area contributed by atoms with Crippen molar-refractivity contribution in [1.29, 1.82) is 0 Å². The van der Waals surface area contributed by atoms with E-state index in [1.807, 2.05) is 27.8 Å². The van der Waals surface area contributed by atoms with Crippen LogP contribution in [0.4, 0.5) is 5.69 Å². The molecule has 0 saturated carbocycles. The van der Waals surface area contributed by atoms with E-state index in [4.69, 9.17) is 4.52 Å². The molecule has 112 valence electrons. The second-order valence-corrected chi connectivity index (χ2v) is 5.08. The number of nitro benzene ring substituents is 1. The van der Waals surface area contributed by atoms with Crippen molar-refractivity contribution in [2.24, 2.45) is 0 Å². The summed E-state index contributed by atoms with van der Waals surface area (Å²) in [6, 6.07) is 4.80. The average Bonchev–Trinajstić information content (AvgIpc) is 2.95. The fourth-order valence-electron chi connectivity index (χ4n) is 1.96. The summed E-state index contributed by atoms with van der Waals surface area (Å²) >= 11 is 0. The molecule has 2 aromatic rings. The van der Waals surface area contributed by atoms with E-state index in [9.17, 15) is 10.1 Å². The molecule has 1 heterocycles. The lowest BCUT2D eigenvalue weighted by Crippen LogP contribution is -2.27. The highest BCUT2D eigenvalue weighted by Crippen LogP contribution is 2.27. The lowest BCUT2D eigenvalue weighted by molar-refractivity contribution is -0.384. The Bertz CT molecular complexity index is 653. The summed E-state index contributed by atoms with van der Waals surface area (Å²) in [7, 11) is 1.86. The smallest absolute Gasteiger partial charge is 0.270 e. The molecule has 0 fully saturated rings. The predicted octanol–water partition coefficient (Wildman–Crippen LogP) is 2.66. The number of aromatic nitrogens is 2. The molecule has 2 rings (SSSR count). The zero-order valence-electron chi connectivity index (χ0n) is 12.5. The van der Waals surface area contributed by atoms with E-state index in [0.717, 1.165) is 5.56 Å². The molecule has 0 aliphatic rings. The zero-order chi connectivity index (χ0) is 15.6. The van der Waals surface area contributed by atoms with E-state index >= 15 is 0 Å². The summed E-state index contributed by atoms with van der Waals surface area (Å²) in [6.07, 6.45) is 0. The van der Waals surface area contributed by atoms with Crippen LogP contribution in [0.5, 0.6) is 0 Å². The van der Waals surface area contributed by atoms with Crippen molar-refractivity contribution in [2.75, 3.05) is 7.05 Å². The normalized spacial score (nSPS) is 13.9. The van der Waals surface area contributed by atoms with Gasteiger partial charge in [-0.25, -0.2) is 0 Å². The Kier molecular flexibility index (Phi) is 4.32. The Balaban J connectivity index is 2.37. The van der Waals surface area contributed by atoms with Gasteiger partial charge in [-0.05, 0) is 26.5 Å². The molecule has 0 spiro atoms. The first-order chi connectivity index (χ1) is 9.93. The third-order valence-electron chi connectivity index (χ3n) is 3.71. The van der Waals surface area contributed by atoms with Crippen molar-refractivity contribution < 1.29 is 9.45 Å². The fourth-order valence-corrected chi connectivity index (χ4v) is 1.96. The van der Waals surface area contributed by atoms with Crippen LogP contribution in [0.25, 0.3) is 11.4 Å². The molecular formula is C14H18N4O3. The van der Waals surface area contributed by atoms with Gasteiger partial charge in [0.2, 0.25) is 11.7 Å². The lowest BCUT2D eigenvalue weighted by Gasteiger charge is -2.14. The van der Waals surface area contributed by atoms with Crippen molar-refractivity contribution in [3.63, 3.8) is 0 Å². The minimum absolute atomic E-state index is 0.0126. The third kappa shape index (κ3) is 3.08. The number of aryl methyl sites for hydroxylation is 1. The number of hydrogen-bond donors (Lipinski definition) is 1. The summed E-state index contributed by atoms with van der Waals surface area (Å²) in [6.45, 7) is 5.86. The molecule has 7 heteroatoms. The van der Waals surface area contributed by atoms with Crippen molar-refractivity contribution >= 4 is 5.69 Å². The summed E-state index contributed by atoms with van der Waals surface area (Å²) in [4.78, 5) is 14.8. The standard InChI is InChI=1S/C14H18N4O3/c1-8-5-6-11(18(19)20)7-12(8)13-16-14(21-17-13)9(2)10(3)15-4/h5-7,9-10,15H,1-4H3. The number of rotatable bonds is 5. The van der Waals surface area contributed by atoms with Crippen LogP contribution < -0.4 is 5.32 Å². The van der Waals surface area contributed by atoms with E-state index in [0.29, 0.717) is 17.3 Å². The molecular weight excluding hydrogens is 272 g/mol. The maximum Gasteiger partial charge on any atom is 0.270 e. The highest BCUT2D eigenvalue weighted by molar-refractivity contribution is 5.63. The van der Waals surface area contributed by atoms with Gasteiger partial charge in [-0.15, -0.1) is 0 Å². The average molecular weight is 290 g/mol. The molecule has 1 aromatic carbocycles. The largest absolute Gasteiger partial charge is 0.339 e. The van der Waals surface area contributed by atoms with Crippen molar-refractivity contribution in [3.05, 3.63) is 39.8 Å². The quantitative estimate of drug-likeness (QED) is 0.672. The molecule has 2 atom stereocenters. The van der Waals surface area contributed by atoms with Gasteiger partial charge < -0.3 is 9.84 Å². The number of benzene rings is 1. The van der Waals surface area contributed by atoms with E-state index in [1.165, 1.54) is 12.1 Å². The van der Waals surface area contributed by atoms with Crippen LogP contribution >= 0.6 is 0 Å². The van der Waals surface area contributed by atoms with Gasteiger partial charge >= 0.3 is 0 Å². The summed E-state index contributed by atoms with van der Waals surface area (Å²) in [5.41, 5.74) is 1.49. The number of nitro groups is 1. The van der Waals surface area contributed by atoms with E-state index in [1.54, 1.807) is 6.07 Å². The fraction of sp³-hybridized carbons (Fsp3) is 0.429. The van der Waals surface area contributed by atoms with Crippen LogP contribution in [0.15, 0.2) is 22.7 Å². The SMILES string of the molecule is CNC(C)C(C)c1nc(-c2cc([N+](=O)[O-])ccc2C)no1. The van der Waals surface area contributed by atoms with Crippen LogP contribution in [0.1, 0.15) is 31.2 Å². The molecule has 0 aliphatic heterocycles. The van der Waals surface area contributed by atoms with Gasteiger partial charge in [-0.1, -0.05) is 18.1 Å². The molecule has 0 amide bonds. The van der Waals surface area contributed by atoms with Crippen LogP contribution in [-0.2, 0) is 0 Å². The van der Waals surface area contributed by atoms with Gasteiger partial charge in [-0.2, -0.15) is 4.98 Å². The molecule has 0 aliphatic carbocycles. The minimum atomic E-state index is -0.435. The molecule has 1 N–H and O–H groups in total. The lowest BCUT2D eigenvalue weighted by atomic mass is 10.0. The Morgan fingerprint density at radius 1 is 1.38 bits per heavy atom. The Labute approximate surface area is 122 Å². The van der Waals surface area contributed by atoms with Crippen molar-refractivity contribution in [3.8, 4) is 11.4 Å². The minimum Gasteiger partial charge on any atom is -0.339 e. The first-order valence-corrected chi connectivity index (χ1v) is 6.70. The highest BCUT2D eigenvalue weighted by atomic mass is 16.6. The van der Waals surface area contributed by atoms with E-state index in [-0.39, 0.29) is 17.6 Å². The topological polar surface area (TPSA) is 94.1 Å². The molecule has 0 radical (unpaired) electrons. The number of non-ortho nitro benzene ring substituents is 1. The highest BCUT2D eigenvalue weighted by Gasteiger charge is 2.21. The van der Waals surface area contributed by atoms with Gasteiger partial charge in [0.25, 0.3) is 5.69 Å². The molecule has 2 unspecified atom stereocenters. The Morgan fingerprint density at radius 2 is 2.10 bits per heavy atom.